The molecule has 0 fully saturated rings. The molecule has 0 aliphatic heterocycles. The molecule has 4 heteroatoms. The lowest BCUT2D eigenvalue weighted by atomic mass is 10.1. The lowest BCUT2D eigenvalue weighted by molar-refractivity contribution is -0.129. The number of nitrogens with one attached hydrogen (secondary N) is 1. The Morgan fingerprint density at radius 3 is 2.18 bits per heavy atom. The van der Waals surface area contributed by atoms with Gasteiger partial charge in [-0.25, -0.2) is 0 Å². The number of hydrogen-bond donors (Lipinski definition) is 3. The molecule has 0 aliphatic carbocycles. The second kappa shape index (κ2) is 4.10. The van der Waals surface area contributed by atoms with Crippen LogP contribution in [-0.4, -0.2) is 35.3 Å². The molecule has 0 unspecified atom stereocenters. The van der Waals surface area contributed by atoms with Crippen LogP contribution in [0.5, 0.6) is 0 Å². The Morgan fingerprint density at radius 1 is 1.45 bits per heavy atom. The summed E-state index contributed by atoms with van der Waals surface area (Å²) in [4.78, 5) is 10.5. The van der Waals surface area contributed by atoms with Crippen LogP contribution in [0.1, 0.15) is 6.92 Å². The predicted octanol–water partition coefficient (Wildman–Crippen LogP) is -0.970. The minimum atomic E-state index is -1.38. The van der Waals surface area contributed by atoms with E-state index in [1.165, 1.54) is 6.92 Å². The van der Waals surface area contributed by atoms with Crippen molar-refractivity contribution >= 4 is 5.78 Å². The first-order valence-electron chi connectivity index (χ1n) is 3.23. The molecule has 2 atom stereocenters. The lowest BCUT2D eigenvalue weighted by Gasteiger charge is -2.16. The van der Waals surface area contributed by atoms with E-state index < -0.39 is 18.0 Å². The molecule has 0 rings (SSSR count). The molecule has 0 aliphatic rings. The highest BCUT2D eigenvalue weighted by atomic mass is 16.3. The zero-order valence-electron chi connectivity index (χ0n) is 6.66. The summed E-state index contributed by atoms with van der Waals surface area (Å²) in [7, 11) is 1.55. The highest BCUT2D eigenvalue weighted by Gasteiger charge is 2.22. The van der Waals surface area contributed by atoms with Gasteiger partial charge in [-0.2, -0.15) is 0 Å². The van der Waals surface area contributed by atoms with E-state index in [0.29, 0.717) is 0 Å². The fourth-order valence-corrected chi connectivity index (χ4v) is 0.561. The fourth-order valence-electron chi connectivity index (χ4n) is 0.561. The number of aliphatic hydroxyl groups excluding tert-OH is 2. The predicted molar refractivity (Wildman–Crippen MR) is 40.9 cm³/mol. The molecule has 4 nitrogen and oxygen atoms in total. The van der Waals surface area contributed by atoms with Gasteiger partial charge in [-0.15, -0.1) is 0 Å². The Kier molecular flexibility index (Phi) is 3.78. The molecular weight excluding hydrogens is 146 g/mol. The van der Waals surface area contributed by atoms with Gasteiger partial charge in [-0.05, 0) is 6.92 Å². The number of hydrogen-bond acceptors (Lipinski definition) is 4. The summed E-state index contributed by atoms with van der Waals surface area (Å²) in [5.41, 5.74) is 0.229. The van der Waals surface area contributed by atoms with E-state index in [9.17, 15) is 4.79 Å². The molecule has 0 saturated carbocycles. The number of aliphatic hydroxyl groups is 2. The Balaban J connectivity index is 4.12. The van der Waals surface area contributed by atoms with Gasteiger partial charge in [0.15, 0.2) is 5.78 Å². The highest BCUT2D eigenvalue weighted by Crippen LogP contribution is 2.01. The Morgan fingerprint density at radius 2 is 1.91 bits per heavy atom. The van der Waals surface area contributed by atoms with E-state index in [1.54, 1.807) is 7.05 Å². The van der Waals surface area contributed by atoms with Crippen molar-refractivity contribution in [1.29, 1.82) is 0 Å². The van der Waals surface area contributed by atoms with Crippen LogP contribution in [0.4, 0.5) is 0 Å². The maximum absolute atomic E-state index is 10.5. The van der Waals surface area contributed by atoms with Gasteiger partial charge in [-0.3, -0.25) is 4.79 Å². The van der Waals surface area contributed by atoms with E-state index >= 15 is 0 Å². The van der Waals surface area contributed by atoms with Gasteiger partial charge in [0.05, 0.1) is 0 Å². The van der Waals surface area contributed by atoms with E-state index in [4.69, 9.17) is 10.2 Å². The van der Waals surface area contributed by atoms with Crippen LogP contribution in [-0.2, 0) is 4.79 Å². The van der Waals surface area contributed by atoms with Crippen molar-refractivity contribution in [3.63, 3.8) is 0 Å². The van der Waals surface area contributed by atoms with Crippen LogP contribution in [0.15, 0.2) is 12.3 Å². The molecule has 0 bridgehead atoms. The van der Waals surface area contributed by atoms with Crippen molar-refractivity contribution in [3.05, 3.63) is 12.3 Å². The van der Waals surface area contributed by atoms with Gasteiger partial charge < -0.3 is 15.5 Å². The highest BCUT2D eigenvalue weighted by molar-refractivity contribution is 5.81. The maximum atomic E-state index is 10.5. The van der Waals surface area contributed by atoms with E-state index in [0.717, 1.165) is 0 Å². The first-order chi connectivity index (χ1) is 5.00. The molecule has 0 aromatic rings. The Bertz CT molecular complexity index is 167. The van der Waals surface area contributed by atoms with Gasteiger partial charge in [0.25, 0.3) is 0 Å². The summed E-state index contributed by atoms with van der Waals surface area (Å²) in [6.45, 7) is 4.61. The zero-order chi connectivity index (χ0) is 9.02. The maximum Gasteiger partial charge on any atom is 0.161 e. The minimum absolute atomic E-state index is 0.229. The van der Waals surface area contributed by atoms with Gasteiger partial charge in [0.1, 0.15) is 12.2 Å². The van der Waals surface area contributed by atoms with Gasteiger partial charge in [0.2, 0.25) is 0 Å². The van der Waals surface area contributed by atoms with Gasteiger partial charge >= 0.3 is 0 Å². The van der Waals surface area contributed by atoms with Crippen LogP contribution < -0.4 is 5.32 Å². The molecule has 0 saturated heterocycles. The third kappa shape index (κ3) is 2.69. The molecule has 64 valence electrons. The van der Waals surface area contributed by atoms with Crippen LogP contribution in [0, 0.1) is 0 Å². The van der Waals surface area contributed by atoms with E-state index in [2.05, 4.69) is 11.9 Å². The summed E-state index contributed by atoms with van der Waals surface area (Å²) >= 11 is 0. The number of Topliss-reactive ketones (excluding diaryl/α,β-unsaturated/α-hetero) is 1. The van der Waals surface area contributed by atoms with Crippen molar-refractivity contribution in [2.45, 2.75) is 19.1 Å². The second-order valence-corrected chi connectivity index (χ2v) is 2.28. The van der Waals surface area contributed by atoms with Crippen molar-refractivity contribution < 1.29 is 15.0 Å². The van der Waals surface area contributed by atoms with Crippen LogP contribution >= 0.6 is 0 Å². The second-order valence-electron chi connectivity index (χ2n) is 2.28. The molecule has 0 heterocycles. The van der Waals surface area contributed by atoms with Crippen LogP contribution in [0.3, 0.4) is 0 Å². The third-order valence-electron chi connectivity index (χ3n) is 1.39. The average molecular weight is 159 g/mol. The third-order valence-corrected chi connectivity index (χ3v) is 1.39. The van der Waals surface area contributed by atoms with Gasteiger partial charge in [-0.1, -0.05) is 6.58 Å². The molecule has 0 spiro atoms. The molecule has 11 heavy (non-hydrogen) atoms. The standard InChI is InChI=1S/C7H13NO3/c1-4(8-3)6(10)7(11)5(2)9/h6-8,10-11H,1H2,2-3H3/t6-,7-/m0/s1. The number of rotatable bonds is 4. The Labute approximate surface area is 65.5 Å². The molecule has 0 aromatic heterocycles. The Hall–Kier alpha value is -0.870. The monoisotopic (exact) mass is 159 g/mol. The van der Waals surface area contributed by atoms with E-state index in [1.807, 2.05) is 0 Å². The molecular formula is C7H13NO3. The SMILES string of the molecule is C=C(NC)[C@H](O)[C@@H](O)C(C)=O. The smallest absolute Gasteiger partial charge is 0.161 e. The fraction of sp³-hybridized carbons (Fsp3) is 0.571. The topological polar surface area (TPSA) is 69.6 Å². The van der Waals surface area contributed by atoms with E-state index in [-0.39, 0.29) is 5.70 Å². The molecule has 0 amide bonds. The molecule has 0 aromatic carbocycles. The quantitative estimate of drug-likeness (QED) is 0.493. The normalized spacial score (nSPS) is 15.3. The lowest BCUT2D eigenvalue weighted by Crippen LogP contribution is -2.36. The number of carbonyl (C=O) groups is 1. The molecule has 3 N–H and O–H groups in total. The van der Waals surface area contributed by atoms with Crippen molar-refractivity contribution in [3.8, 4) is 0 Å². The zero-order valence-corrected chi connectivity index (χ0v) is 6.66. The summed E-state index contributed by atoms with van der Waals surface area (Å²) in [6.07, 6.45) is -2.60. The first kappa shape index (κ1) is 10.1. The largest absolute Gasteiger partial charge is 0.390 e. The number of ketones is 1. The molecule has 0 radical (unpaired) electrons. The summed E-state index contributed by atoms with van der Waals surface area (Å²) in [5, 5.41) is 20.7. The average Bonchev–Trinajstić information content (AvgIpc) is 2.00. The summed E-state index contributed by atoms with van der Waals surface area (Å²) in [6, 6.07) is 0. The van der Waals surface area contributed by atoms with Crippen LogP contribution in [0.25, 0.3) is 0 Å². The number of likely N-dealkylation sites (N-methyl/N-ethyl adjacent to an activating group) is 1. The number of carbonyl (C=O) groups excluding carboxylic acids is 1. The van der Waals surface area contributed by atoms with Crippen molar-refractivity contribution in [1.82, 2.24) is 5.32 Å². The van der Waals surface area contributed by atoms with Crippen molar-refractivity contribution in [2.75, 3.05) is 7.05 Å². The van der Waals surface area contributed by atoms with Crippen molar-refractivity contribution in [2.24, 2.45) is 0 Å². The van der Waals surface area contributed by atoms with Crippen LogP contribution in [0.2, 0.25) is 0 Å². The van der Waals surface area contributed by atoms with Gasteiger partial charge in [0, 0.05) is 12.7 Å². The summed E-state index contributed by atoms with van der Waals surface area (Å²) < 4.78 is 0. The first-order valence-corrected chi connectivity index (χ1v) is 3.23. The minimum Gasteiger partial charge on any atom is -0.390 e. The summed E-state index contributed by atoms with van der Waals surface area (Å²) in [5.74, 6) is -0.478.